The second-order valence-electron chi connectivity index (χ2n) is 5.40. The summed E-state index contributed by atoms with van der Waals surface area (Å²) in [5.41, 5.74) is -0.218. The van der Waals surface area contributed by atoms with Gasteiger partial charge in [0.15, 0.2) is 0 Å². The molecular weight excluding hydrogens is 278 g/mol. The predicted molar refractivity (Wildman–Crippen MR) is 82.1 cm³/mol. The highest BCUT2D eigenvalue weighted by molar-refractivity contribution is 6.30. The van der Waals surface area contributed by atoms with Crippen molar-refractivity contribution in [2.75, 3.05) is 39.0 Å². The number of nitrogens with zero attached hydrogens (tertiary/aromatic N) is 1. The first-order chi connectivity index (χ1) is 9.28. The van der Waals surface area contributed by atoms with Crippen LogP contribution in [0.25, 0.3) is 0 Å². The standard InChI is InChI=1S/C14H22ClN3O2/c1-14(20,10-18(2)3)9-16-8-13(19)17-12-6-4-5-11(15)7-12/h4-7,16,20H,8-10H2,1-3H3,(H,17,19). The zero-order valence-electron chi connectivity index (χ0n) is 12.1. The maximum atomic E-state index is 11.7. The van der Waals surface area contributed by atoms with Gasteiger partial charge in [0.25, 0.3) is 0 Å². The Kier molecular flexibility index (Phi) is 6.42. The smallest absolute Gasteiger partial charge is 0.238 e. The Bertz CT molecular complexity index is 450. The van der Waals surface area contributed by atoms with Crippen molar-refractivity contribution < 1.29 is 9.90 Å². The van der Waals surface area contributed by atoms with Gasteiger partial charge in [0, 0.05) is 23.8 Å². The number of aliphatic hydroxyl groups is 1. The maximum Gasteiger partial charge on any atom is 0.238 e. The monoisotopic (exact) mass is 299 g/mol. The van der Waals surface area contributed by atoms with E-state index >= 15 is 0 Å². The molecule has 0 fully saturated rings. The summed E-state index contributed by atoms with van der Waals surface area (Å²) in [5.74, 6) is -0.173. The number of likely N-dealkylation sites (N-methyl/N-ethyl adjacent to an activating group) is 1. The quantitative estimate of drug-likeness (QED) is 0.707. The lowest BCUT2D eigenvalue weighted by Gasteiger charge is -2.27. The second kappa shape index (κ2) is 7.59. The molecule has 0 bridgehead atoms. The van der Waals surface area contributed by atoms with Crippen molar-refractivity contribution in [2.24, 2.45) is 0 Å². The molecule has 1 unspecified atom stereocenters. The molecule has 0 radical (unpaired) electrons. The minimum atomic E-state index is -0.875. The van der Waals surface area contributed by atoms with E-state index in [4.69, 9.17) is 11.6 Å². The molecule has 0 saturated heterocycles. The van der Waals surface area contributed by atoms with Gasteiger partial charge in [-0.15, -0.1) is 0 Å². The van der Waals surface area contributed by atoms with Crippen molar-refractivity contribution >= 4 is 23.2 Å². The van der Waals surface area contributed by atoms with Crippen LogP contribution < -0.4 is 10.6 Å². The van der Waals surface area contributed by atoms with E-state index in [1.807, 2.05) is 19.0 Å². The van der Waals surface area contributed by atoms with Gasteiger partial charge < -0.3 is 20.6 Å². The lowest BCUT2D eigenvalue weighted by atomic mass is 10.1. The molecule has 20 heavy (non-hydrogen) atoms. The molecule has 1 amide bonds. The van der Waals surface area contributed by atoms with Gasteiger partial charge in [0.05, 0.1) is 12.1 Å². The van der Waals surface area contributed by atoms with Gasteiger partial charge >= 0.3 is 0 Å². The van der Waals surface area contributed by atoms with E-state index in [9.17, 15) is 9.90 Å². The summed E-state index contributed by atoms with van der Waals surface area (Å²) in [6.45, 7) is 2.73. The largest absolute Gasteiger partial charge is 0.388 e. The molecule has 0 saturated carbocycles. The number of halogens is 1. The van der Waals surface area contributed by atoms with Crippen LogP contribution in [0.4, 0.5) is 5.69 Å². The fourth-order valence-electron chi connectivity index (χ4n) is 1.95. The maximum absolute atomic E-state index is 11.7. The first kappa shape index (κ1) is 16.9. The summed E-state index contributed by atoms with van der Waals surface area (Å²) in [5, 5.41) is 16.3. The molecule has 0 heterocycles. The van der Waals surface area contributed by atoms with Gasteiger partial charge in [-0.2, -0.15) is 0 Å². The summed E-state index contributed by atoms with van der Waals surface area (Å²) in [6, 6.07) is 6.97. The van der Waals surface area contributed by atoms with Gasteiger partial charge in [-0.25, -0.2) is 0 Å². The normalized spacial score (nSPS) is 14.1. The molecule has 3 N–H and O–H groups in total. The van der Waals surface area contributed by atoms with Crippen LogP contribution in [0.5, 0.6) is 0 Å². The lowest BCUT2D eigenvalue weighted by molar-refractivity contribution is -0.115. The highest BCUT2D eigenvalue weighted by atomic mass is 35.5. The summed E-state index contributed by atoms with van der Waals surface area (Å²) < 4.78 is 0. The first-order valence-electron chi connectivity index (χ1n) is 6.42. The van der Waals surface area contributed by atoms with Gasteiger partial charge in [-0.3, -0.25) is 4.79 Å². The van der Waals surface area contributed by atoms with Crippen molar-refractivity contribution in [2.45, 2.75) is 12.5 Å². The number of rotatable bonds is 7. The van der Waals surface area contributed by atoms with Crippen LogP contribution in [0, 0.1) is 0 Å². The number of anilines is 1. The third-order valence-electron chi connectivity index (χ3n) is 2.56. The highest BCUT2D eigenvalue weighted by Crippen LogP contribution is 2.14. The summed E-state index contributed by atoms with van der Waals surface area (Å²) in [4.78, 5) is 13.6. The molecule has 5 nitrogen and oxygen atoms in total. The van der Waals surface area contributed by atoms with Crippen LogP contribution in [0.3, 0.4) is 0 Å². The number of amides is 1. The van der Waals surface area contributed by atoms with E-state index in [0.29, 0.717) is 23.8 Å². The fraction of sp³-hybridized carbons (Fsp3) is 0.500. The molecular formula is C14H22ClN3O2. The van der Waals surface area contributed by atoms with Crippen molar-refractivity contribution in [3.8, 4) is 0 Å². The van der Waals surface area contributed by atoms with Crippen molar-refractivity contribution in [3.63, 3.8) is 0 Å². The Hall–Kier alpha value is -1.14. The van der Waals surface area contributed by atoms with E-state index in [1.54, 1.807) is 31.2 Å². The molecule has 0 spiro atoms. The number of benzene rings is 1. The van der Waals surface area contributed by atoms with Crippen LogP contribution >= 0.6 is 11.6 Å². The second-order valence-corrected chi connectivity index (χ2v) is 5.83. The first-order valence-corrected chi connectivity index (χ1v) is 6.79. The van der Waals surface area contributed by atoms with Gasteiger partial charge in [0.2, 0.25) is 5.91 Å². The zero-order valence-corrected chi connectivity index (χ0v) is 12.9. The Morgan fingerprint density at radius 1 is 1.45 bits per heavy atom. The average molecular weight is 300 g/mol. The fourth-order valence-corrected chi connectivity index (χ4v) is 2.14. The minimum absolute atomic E-state index is 0.135. The number of carbonyl (C=O) groups is 1. The van der Waals surface area contributed by atoms with Crippen LogP contribution in [0.15, 0.2) is 24.3 Å². The van der Waals surface area contributed by atoms with E-state index in [-0.39, 0.29) is 12.5 Å². The number of nitrogens with one attached hydrogen (secondary N) is 2. The molecule has 0 aliphatic rings. The molecule has 6 heteroatoms. The number of carbonyl (C=O) groups excluding carboxylic acids is 1. The van der Waals surface area contributed by atoms with E-state index in [2.05, 4.69) is 10.6 Å². The number of hydrogen-bond donors (Lipinski definition) is 3. The Morgan fingerprint density at radius 2 is 2.15 bits per heavy atom. The van der Waals surface area contributed by atoms with Crippen LogP contribution in [0.1, 0.15) is 6.92 Å². The van der Waals surface area contributed by atoms with Crippen LogP contribution in [-0.4, -0.2) is 55.2 Å². The molecule has 0 aromatic heterocycles. The van der Waals surface area contributed by atoms with Gasteiger partial charge in [-0.1, -0.05) is 17.7 Å². The Morgan fingerprint density at radius 3 is 2.75 bits per heavy atom. The van der Waals surface area contributed by atoms with Gasteiger partial charge in [0.1, 0.15) is 0 Å². The summed E-state index contributed by atoms with van der Waals surface area (Å²) in [7, 11) is 3.78. The third kappa shape index (κ3) is 6.86. The SMILES string of the molecule is CN(C)CC(C)(O)CNCC(=O)Nc1cccc(Cl)c1. The highest BCUT2D eigenvalue weighted by Gasteiger charge is 2.20. The predicted octanol–water partition coefficient (Wildman–Crippen LogP) is 1.18. The van der Waals surface area contributed by atoms with Crippen LogP contribution in [0.2, 0.25) is 5.02 Å². The molecule has 112 valence electrons. The molecule has 1 rings (SSSR count). The molecule has 1 aromatic carbocycles. The number of hydrogen-bond acceptors (Lipinski definition) is 4. The van der Waals surface area contributed by atoms with E-state index in [1.165, 1.54) is 0 Å². The topological polar surface area (TPSA) is 64.6 Å². The average Bonchev–Trinajstić information content (AvgIpc) is 2.26. The Labute approximate surface area is 124 Å². The zero-order chi connectivity index (χ0) is 15.2. The van der Waals surface area contributed by atoms with E-state index in [0.717, 1.165) is 0 Å². The third-order valence-corrected chi connectivity index (χ3v) is 2.79. The summed E-state index contributed by atoms with van der Waals surface area (Å²) >= 11 is 5.84. The van der Waals surface area contributed by atoms with Crippen molar-refractivity contribution in [1.82, 2.24) is 10.2 Å². The molecule has 0 aliphatic heterocycles. The van der Waals surface area contributed by atoms with Gasteiger partial charge in [-0.05, 0) is 39.2 Å². The molecule has 0 aliphatic carbocycles. The van der Waals surface area contributed by atoms with Crippen molar-refractivity contribution in [3.05, 3.63) is 29.3 Å². The minimum Gasteiger partial charge on any atom is -0.388 e. The van der Waals surface area contributed by atoms with Crippen LogP contribution in [-0.2, 0) is 4.79 Å². The Balaban J connectivity index is 2.33. The molecule has 1 aromatic rings. The molecule has 1 atom stereocenters. The lowest BCUT2D eigenvalue weighted by Crippen LogP contribution is -2.47. The van der Waals surface area contributed by atoms with Crippen molar-refractivity contribution in [1.29, 1.82) is 0 Å². The summed E-state index contributed by atoms with van der Waals surface area (Å²) in [6.07, 6.45) is 0. The van der Waals surface area contributed by atoms with E-state index < -0.39 is 5.60 Å².